The predicted molar refractivity (Wildman–Crippen MR) is 191 cm³/mol. The summed E-state index contributed by atoms with van der Waals surface area (Å²) in [5.74, 6) is -3.06. The van der Waals surface area contributed by atoms with Crippen LogP contribution in [0.1, 0.15) is 93.9 Å². The van der Waals surface area contributed by atoms with Crippen LogP contribution in [0, 0.1) is 17.8 Å². The quantitative estimate of drug-likeness (QED) is 0.0811. The van der Waals surface area contributed by atoms with Gasteiger partial charge in [0.25, 0.3) is 0 Å². The number of rotatable bonds is 10. The smallest absolute Gasteiger partial charge is 0.410 e. The molecule has 292 valence electrons. The highest BCUT2D eigenvalue weighted by Crippen LogP contribution is 2.40. The number of nitrogens with zero attached hydrogens (tertiary/aromatic N) is 5. The third-order valence-corrected chi connectivity index (χ3v) is 11.3. The molecule has 15 nitrogen and oxygen atoms in total. The number of carbonyl (C=O) groups excluding carboxylic acids is 3. The lowest BCUT2D eigenvalue weighted by Gasteiger charge is -2.47. The molecule has 3 aliphatic rings. The number of methoxy groups -OCH3 is 1. The fourth-order valence-electron chi connectivity index (χ4n) is 8.37. The maximum atomic E-state index is 14.3. The van der Waals surface area contributed by atoms with Gasteiger partial charge in [-0.15, -0.1) is 0 Å². The number of aliphatic hydroxyl groups is 1. The Kier molecular flexibility index (Phi) is 15.6. The molecule has 1 amide bonds. The van der Waals surface area contributed by atoms with Crippen LogP contribution in [-0.2, 0) is 33.3 Å². The summed E-state index contributed by atoms with van der Waals surface area (Å²) in [5.41, 5.74) is 6.43. The van der Waals surface area contributed by atoms with Crippen LogP contribution in [0.2, 0.25) is 0 Å². The molecule has 51 heavy (non-hydrogen) atoms. The summed E-state index contributed by atoms with van der Waals surface area (Å²) in [7, 11) is 5.38. The topological polar surface area (TPSA) is 185 Å². The second-order valence-electron chi connectivity index (χ2n) is 15.6. The predicted octanol–water partition coefficient (Wildman–Crippen LogP) is 4.44. The summed E-state index contributed by atoms with van der Waals surface area (Å²) in [6.07, 6.45) is -1.04. The molecule has 15 heteroatoms. The van der Waals surface area contributed by atoms with E-state index in [2.05, 4.69) is 22.3 Å². The summed E-state index contributed by atoms with van der Waals surface area (Å²) in [6, 6.07) is -0.972. The van der Waals surface area contributed by atoms with Gasteiger partial charge in [0.05, 0.1) is 23.9 Å². The van der Waals surface area contributed by atoms with Gasteiger partial charge in [0.1, 0.15) is 18.1 Å². The number of esters is 1. The number of fused-ring (bicyclic) bond motifs is 1. The van der Waals surface area contributed by atoms with Crippen molar-refractivity contribution in [1.82, 2.24) is 15.1 Å². The third-order valence-electron chi connectivity index (χ3n) is 11.3. The molecule has 0 aliphatic carbocycles. The average Bonchev–Trinajstić information content (AvgIpc) is 3.34. The molecule has 0 aromatic rings. The Balaban J connectivity index is 2.00. The SMILES string of the molecule is CC[C@H]1OC(=O)[C@H](C)C(=O)[C@H](C)[C@@H](O[C@@H]2O[C@H](C)CC(N(C)C)[C@H]2O)[C@](C)(OC)C[C@@H](C)CCN[C@H](C)[C@H]2N(CCCCN=[N+]=[N-])C(=O)O[C@]12C. The number of aliphatic hydroxyl groups excluding tert-OH is 1. The molecule has 3 saturated heterocycles. The zero-order valence-electron chi connectivity index (χ0n) is 32.7. The molecule has 3 heterocycles. The van der Waals surface area contributed by atoms with Crippen molar-refractivity contribution in [2.75, 3.05) is 40.8 Å². The van der Waals surface area contributed by atoms with Gasteiger partial charge in [-0.3, -0.25) is 14.5 Å². The van der Waals surface area contributed by atoms with E-state index < -0.39 is 71.5 Å². The largest absolute Gasteiger partial charge is 0.458 e. The molecule has 0 saturated carbocycles. The lowest BCUT2D eigenvalue weighted by atomic mass is 9.78. The Bertz CT molecular complexity index is 1240. The normalized spacial score (nSPS) is 40.4. The zero-order valence-corrected chi connectivity index (χ0v) is 32.7. The summed E-state index contributed by atoms with van der Waals surface area (Å²) in [5, 5.41) is 18.6. The molecule has 3 fully saturated rings. The Morgan fingerprint density at radius 2 is 1.82 bits per heavy atom. The van der Waals surface area contributed by atoms with Crippen LogP contribution in [0.5, 0.6) is 0 Å². The number of amides is 1. The first-order valence-electron chi connectivity index (χ1n) is 18.6. The van der Waals surface area contributed by atoms with Crippen LogP contribution >= 0.6 is 0 Å². The van der Waals surface area contributed by atoms with E-state index in [1.165, 1.54) is 6.92 Å². The lowest BCUT2D eigenvalue weighted by molar-refractivity contribution is -0.295. The summed E-state index contributed by atoms with van der Waals surface area (Å²) in [4.78, 5) is 48.0. The first-order chi connectivity index (χ1) is 23.9. The van der Waals surface area contributed by atoms with Crippen molar-refractivity contribution in [2.24, 2.45) is 22.9 Å². The van der Waals surface area contributed by atoms with Crippen LogP contribution in [0.15, 0.2) is 5.11 Å². The van der Waals surface area contributed by atoms with E-state index in [1.54, 1.807) is 25.9 Å². The highest BCUT2D eigenvalue weighted by Gasteiger charge is 2.58. The number of cyclic esters (lactones) is 1. The number of hydrogen-bond donors (Lipinski definition) is 2. The molecular formula is C36H64N6O9. The standard InChI is InChI=1S/C36H64N6O9/c1-12-27-36(8)30(42(34(46)51-36)18-14-13-16-39-40-37)25(6)38-17-15-21(2)20-35(7,47-11)31(23(4)28(43)24(5)32(45)49-27)50-33-29(44)26(41(9)10)19-22(3)48-33/h21-27,29-31,33,38,44H,12-20H2,1-11H3/t21-,22+,23-,24+,25+,26?,27+,29+,30+,31+,33-,35+,36+/m0/s1. The molecule has 1 unspecified atom stereocenters. The highest BCUT2D eigenvalue weighted by atomic mass is 16.7. The van der Waals surface area contributed by atoms with Crippen LogP contribution in [-0.4, -0.2) is 134 Å². The number of ether oxygens (including phenoxy) is 5. The van der Waals surface area contributed by atoms with Crippen molar-refractivity contribution in [1.29, 1.82) is 0 Å². The number of unbranched alkanes of at least 4 members (excludes halogenated alkanes) is 1. The van der Waals surface area contributed by atoms with Gasteiger partial charge in [0.2, 0.25) is 0 Å². The molecule has 0 spiro atoms. The Hall–Kier alpha value is -2.52. The van der Waals surface area contributed by atoms with Crippen LogP contribution in [0.3, 0.4) is 0 Å². The number of Topliss-reactive ketones (excluding diaryl/α,β-unsaturated/α-hetero) is 1. The molecule has 3 aliphatic heterocycles. The second kappa shape index (κ2) is 18.5. The van der Waals surface area contributed by atoms with Crippen LogP contribution in [0.4, 0.5) is 4.79 Å². The summed E-state index contributed by atoms with van der Waals surface area (Å²) >= 11 is 0. The zero-order chi connectivity index (χ0) is 38.3. The first-order valence-corrected chi connectivity index (χ1v) is 18.6. The lowest BCUT2D eigenvalue weighted by Crippen LogP contribution is -2.61. The first kappa shape index (κ1) is 42.9. The fourth-order valence-corrected chi connectivity index (χ4v) is 8.37. The van der Waals surface area contributed by atoms with Gasteiger partial charge in [0, 0.05) is 43.1 Å². The van der Waals surface area contributed by atoms with Gasteiger partial charge in [-0.2, -0.15) is 0 Å². The van der Waals surface area contributed by atoms with E-state index in [1.807, 2.05) is 46.7 Å². The molecule has 13 atom stereocenters. The van der Waals surface area contributed by atoms with Gasteiger partial charge in [0.15, 0.2) is 17.7 Å². The number of ketones is 1. The maximum absolute atomic E-state index is 14.3. The van der Waals surface area contributed by atoms with Gasteiger partial charge in [-0.25, -0.2) is 4.79 Å². The minimum absolute atomic E-state index is 0.0945. The van der Waals surface area contributed by atoms with Gasteiger partial charge in [-0.1, -0.05) is 25.9 Å². The van der Waals surface area contributed by atoms with Gasteiger partial charge >= 0.3 is 12.1 Å². The molecule has 0 bridgehead atoms. The Morgan fingerprint density at radius 1 is 1.14 bits per heavy atom. The molecule has 3 rings (SSSR count). The number of nitrogens with one attached hydrogen (secondary N) is 1. The van der Waals surface area contributed by atoms with Crippen molar-refractivity contribution in [2.45, 2.75) is 154 Å². The van der Waals surface area contributed by atoms with Crippen molar-refractivity contribution in [3.8, 4) is 0 Å². The van der Waals surface area contributed by atoms with Crippen molar-refractivity contribution < 1.29 is 43.2 Å². The maximum Gasteiger partial charge on any atom is 0.410 e. The highest BCUT2D eigenvalue weighted by molar-refractivity contribution is 6.00. The number of hydrogen-bond acceptors (Lipinski definition) is 12. The Labute approximate surface area is 304 Å². The van der Waals surface area contributed by atoms with Crippen LogP contribution in [0.25, 0.3) is 10.4 Å². The van der Waals surface area contributed by atoms with E-state index in [0.29, 0.717) is 51.7 Å². The van der Waals surface area contributed by atoms with Gasteiger partial charge < -0.3 is 39.0 Å². The molecule has 2 N–H and O–H groups in total. The van der Waals surface area contributed by atoms with Crippen molar-refractivity contribution in [3.05, 3.63) is 10.4 Å². The fraction of sp³-hybridized carbons (Fsp3) is 0.917. The Morgan fingerprint density at radius 3 is 2.43 bits per heavy atom. The monoisotopic (exact) mass is 724 g/mol. The van der Waals surface area contributed by atoms with Crippen molar-refractivity contribution >= 4 is 17.8 Å². The van der Waals surface area contributed by atoms with Gasteiger partial charge in [-0.05, 0) is 105 Å². The minimum Gasteiger partial charge on any atom is -0.458 e. The van der Waals surface area contributed by atoms with E-state index in [4.69, 9.17) is 29.2 Å². The molecule has 0 aromatic carbocycles. The van der Waals surface area contributed by atoms with Crippen LogP contribution < -0.4 is 5.32 Å². The number of carbonyl (C=O) groups is 3. The second-order valence-corrected chi connectivity index (χ2v) is 15.6. The van der Waals surface area contributed by atoms with E-state index >= 15 is 0 Å². The molecular weight excluding hydrogens is 660 g/mol. The minimum atomic E-state index is -1.22. The van der Waals surface area contributed by atoms with Crippen molar-refractivity contribution in [3.63, 3.8) is 0 Å². The number of azide groups is 1. The average molecular weight is 725 g/mol. The van der Waals surface area contributed by atoms with E-state index in [9.17, 15) is 19.5 Å². The third kappa shape index (κ3) is 9.92. The summed E-state index contributed by atoms with van der Waals surface area (Å²) in [6.45, 7) is 16.1. The molecule has 0 radical (unpaired) electrons. The number of likely N-dealkylation sites (N-methyl/N-ethyl adjacent to an activating group) is 1. The van der Waals surface area contributed by atoms with E-state index in [-0.39, 0.29) is 24.1 Å². The van der Waals surface area contributed by atoms with E-state index in [0.717, 1.165) is 6.42 Å². The summed E-state index contributed by atoms with van der Waals surface area (Å²) < 4.78 is 31.2. The molecule has 0 aromatic heterocycles.